The molecule has 1 N–H and O–H groups in total. The quantitative estimate of drug-likeness (QED) is 0.753. The topological polar surface area (TPSA) is 81.4 Å². The molecule has 0 radical (unpaired) electrons. The molecule has 3 rings (SSSR count). The van der Waals surface area contributed by atoms with Gasteiger partial charge in [0.2, 0.25) is 6.10 Å². The molecule has 1 saturated carbocycles. The van der Waals surface area contributed by atoms with E-state index in [1.807, 2.05) is 18.2 Å². The lowest BCUT2D eigenvalue weighted by atomic mass is 10.0. The number of hydrogen-bond donors (Lipinski definition) is 1. The number of aryl methyl sites for hydroxylation is 1. The van der Waals surface area contributed by atoms with Crippen LogP contribution in [0.5, 0.6) is 0 Å². The highest BCUT2D eigenvalue weighted by Crippen LogP contribution is 2.29. The Labute approximate surface area is 152 Å². The number of ether oxygens (including phenoxy) is 1. The Morgan fingerprint density at radius 2 is 2.00 bits per heavy atom. The Hall–Kier alpha value is -2.63. The van der Waals surface area contributed by atoms with Gasteiger partial charge < -0.3 is 14.6 Å². The normalized spacial score (nSPS) is 15.6. The van der Waals surface area contributed by atoms with Gasteiger partial charge in [-0.15, -0.1) is 0 Å². The maximum Gasteiger partial charge on any atom is 0.306 e. The summed E-state index contributed by atoms with van der Waals surface area (Å²) in [6.07, 6.45) is 5.00. The van der Waals surface area contributed by atoms with Crippen LogP contribution in [-0.4, -0.2) is 17.0 Å². The summed E-state index contributed by atoms with van der Waals surface area (Å²) in [7, 11) is 0. The van der Waals surface area contributed by atoms with E-state index < -0.39 is 12.0 Å². The number of amides is 1. The Bertz CT molecular complexity index is 735. The molecule has 1 aromatic carbocycles. The standard InChI is InChI=1S/C20H24N2O4/c1-14-13-17(22-26-14)21-20(24)19(16-9-3-2-4-10-16)25-18(23)12-11-15-7-5-6-8-15/h2-4,9-10,13,15,19H,5-8,11-12H2,1H3,(H,21,22,24)/t19-/m0/s1. The van der Waals surface area contributed by atoms with E-state index in [-0.39, 0.29) is 5.97 Å². The molecule has 138 valence electrons. The lowest BCUT2D eigenvalue weighted by molar-refractivity contribution is -0.155. The van der Waals surface area contributed by atoms with Gasteiger partial charge in [-0.2, -0.15) is 0 Å². The summed E-state index contributed by atoms with van der Waals surface area (Å²) in [5.41, 5.74) is 0.624. The number of carbonyl (C=O) groups excluding carboxylic acids is 2. The molecule has 6 heteroatoms. The van der Waals surface area contributed by atoms with Crippen LogP contribution in [0.15, 0.2) is 40.9 Å². The third-order valence-corrected chi connectivity index (χ3v) is 4.70. The molecule has 1 aliphatic rings. The summed E-state index contributed by atoms with van der Waals surface area (Å²) in [5, 5.41) is 6.40. The van der Waals surface area contributed by atoms with Crippen molar-refractivity contribution in [3.05, 3.63) is 47.7 Å². The van der Waals surface area contributed by atoms with Crippen LogP contribution in [0.25, 0.3) is 0 Å². The zero-order valence-corrected chi connectivity index (χ0v) is 14.9. The van der Waals surface area contributed by atoms with Gasteiger partial charge in [-0.1, -0.05) is 61.2 Å². The van der Waals surface area contributed by atoms with E-state index in [4.69, 9.17) is 9.26 Å². The van der Waals surface area contributed by atoms with Crippen LogP contribution in [0.4, 0.5) is 5.82 Å². The first-order valence-electron chi connectivity index (χ1n) is 9.10. The SMILES string of the molecule is Cc1cc(NC(=O)[C@@H](OC(=O)CCC2CCCC2)c2ccccc2)no1. The van der Waals surface area contributed by atoms with Crippen LogP contribution in [0.1, 0.15) is 56.0 Å². The van der Waals surface area contributed by atoms with E-state index >= 15 is 0 Å². The number of anilines is 1. The molecule has 1 aliphatic carbocycles. The first-order chi connectivity index (χ1) is 12.6. The summed E-state index contributed by atoms with van der Waals surface area (Å²) in [6, 6.07) is 10.6. The lowest BCUT2D eigenvalue weighted by Crippen LogP contribution is -2.26. The van der Waals surface area contributed by atoms with E-state index in [9.17, 15) is 9.59 Å². The van der Waals surface area contributed by atoms with Crippen molar-refractivity contribution in [2.75, 3.05) is 5.32 Å². The zero-order valence-electron chi connectivity index (χ0n) is 14.9. The second-order valence-corrected chi connectivity index (χ2v) is 6.78. The van der Waals surface area contributed by atoms with Crippen molar-refractivity contribution in [1.82, 2.24) is 5.16 Å². The van der Waals surface area contributed by atoms with E-state index in [0.717, 1.165) is 6.42 Å². The number of benzene rings is 1. The molecular formula is C20H24N2O4. The Kier molecular flexibility index (Phi) is 6.04. The van der Waals surface area contributed by atoms with Crippen LogP contribution < -0.4 is 5.32 Å². The van der Waals surface area contributed by atoms with Gasteiger partial charge >= 0.3 is 5.97 Å². The molecule has 1 fully saturated rings. The van der Waals surface area contributed by atoms with Crippen LogP contribution in [0.3, 0.4) is 0 Å². The minimum Gasteiger partial charge on any atom is -0.447 e. The molecular weight excluding hydrogens is 332 g/mol. The Morgan fingerprint density at radius 3 is 2.65 bits per heavy atom. The number of carbonyl (C=O) groups is 2. The summed E-state index contributed by atoms with van der Waals surface area (Å²) in [6.45, 7) is 1.74. The van der Waals surface area contributed by atoms with Crippen LogP contribution >= 0.6 is 0 Å². The molecule has 0 saturated heterocycles. The summed E-state index contributed by atoms with van der Waals surface area (Å²) >= 11 is 0. The molecule has 0 bridgehead atoms. The largest absolute Gasteiger partial charge is 0.447 e. The van der Waals surface area contributed by atoms with Crippen molar-refractivity contribution in [2.45, 2.75) is 51.6 Å². The van der Waals surface area contributed by atoms with Gasteiger partial charge in [0.1, 0.15) is 5.76 Å². The Morgan fingerprint density at radius 1 is 1.27 bits per heavy atom. The molecule has 0 aliphatic heterocycles. The molecule has 1 amide bonds. The molecule has 1 heterocycles. The third kappa shape index (κ3) is 4.94. The van der Waals surface area contributed by atoms with Crippen molar-refractivity contribution >= 4 is 17.7 Å². The van der Waals surface area contributed by atoms with Crippen molar-refractivity contribution < 1.29 is 18.8 Å². The monoisotopic (exact) mass is 356 g/mol. The third-order valence-electron chi connectivity index (χ3n) is 4.70. The van der Waals surface area contributed by atoms with Gasteiger partial charge in [0.25, 0.3) is 5.91 Å². The maximum atomic E-state index is 12.6. The first-order valence-corrected chi connectivity index (χ1v) is 9.10. The molecule has 1 aromatic heterocycles. The molecule has 2 aromatic rings. The summed E-state index contributed by atoms with van der Waals surface area (Å²) in [5.74, 6) is 0.696. The maximum absolute atomic E-state index is 12.6. The van der Waals surface area contributed by atoms with Crippen molar-refractivity contribution in [2.24, 2.45) is 5.92 Å². The number of nitrogens with zero attached hydrogens (tertiary/aromatic N) is 1. The molecule has 26 heavy (non-hydrogen) atoms. The number of rotatable bonds is 7. The molecule has 1 atom stereocenters. The summed E-state index contributed by atoms with van der Waals surface area (Å²) in [4.78, 5) is 25.0. The fourth-order valence-corrected chi connectivity index (χ4v) is 3.33. The molecule has 6 nitrogen and oxygen atoms in total. The van der Waals surface area contributed by atoms with Gasteiger partial charge in [0.05, 0.1) is 0 Å². The average molecular weight is 356 g/mol. The van der Waals surface area contributed by atoms with Crippen molar-refractivity contribution in [3.8, 4) is 0 Å². The Balaban J connectivity index is 1.64. The average Bonchev–Trinajstić information content (AvgIpc) is 3.30. The van der Waals surface area contributed by atoms with Crippen LogP contribution in [-0.2, 0) is 14.3 Å². The van der Waals surface area contributed by atoms with Crippen LogP contribution in [0.2, 0.25) is 0 Å². The second kappa shape index (κ2) is 8.65. The van der Waals surface area contributed by atoms with E-state index in [1.54, 1.807) is 25.1 Å². The molecule has 0 spiro atoms. The minimum atomic E-state index is -1.01. The smallest absolute Gasteiger partial charge is 0.306 e. The molecule has 0 unspecified atom stereocenters. The number of aromatic nitrogens is 1. The number of nitrogens with one attached hydrogen (secondary N) is 1. The van der Waals surface area contributed by atoms with Gasteiger partial charge in [0, 0.05) is 18.1 Å². The highest BCUT2D eigenvalue weighted by Gasteiger charge is 2.26. The minimum absolute atomic E-state index is 0.301. The highest BCUT2D eigenvalue weighted by molar-refractivity contribution is 5.95. The van der Waals surface area contributed by atoms with E-state index in [0.29, 0.717) is 29.5 Å². The zero-order chi connectivity index (χ0) is 18.4. The lowest BCUT2D eigenvalue weighted by Gasteiger charge is -2.18. The van der Waals surface area contributed by atoms with E-state index in [2.05, 4.69) is 10.5 Å². The fourth-order valence-electron chi connectivity index (χ4n) is 3.33. The first kappa shape index (κ1) is 18.2. The summed E-state index contributed by atoms with van der Waals surface area (Å²) < 4.78 is 10.5. The van der Waals surface area contributed by atoms with Crippen LogP contribution in [0, 0.1) is 12.8 Å². The van der Waals surface area contributed by atoms with Gasteiger partial charge in [-0.3, -0.25) is 9.59 Å². The second-order valence-electron chi connectivity index (χ2n) is 6.78. The van der Waals surface area contributed by atoms with Crippen molar-refractivity contribution in [1.29, 1.82) is 0 Å². The predicted octanol–water partition coefficient (Wildman–Crippen LogP) is 4.18. The number of esters is 1. The van der Waals surface area contributed by atoms with Crippen molar-refractivity contribution in [3.63, 3.8) is 0 Å². The number of hydrogen-bond acceptors (Lipinski definition) is 5. The highest BCUT2D eigenvalue weighted by atomic mass is 16.5. The van der Waals surface area contributed by atoms with Gasteiger partial charge in [-0.25, -0.2) is 0 Å². The predicted molar refractivity (Wildman–Crippen MR) is 96.3 cm³/mol. The van der Waals surface area contributed by atoms with E-state index in [1.165, 1.54) is 25.7 Å². The fraction of sp³-hybridized carbons (Fsp3) is 0.450. The van der Waals surface area contributed by atoms with Gasteiger partial charge in [-0.05, 0) is 19.3 Å². The van der Waals surface area contributed by atoms with Gasteiger partial charge in [0.15, 0.2) is 5.82 Å².